The molecule has 0 aliphatic carbocycles. The minimum absolute atomic E-state index is 0.121. The summed E-state index contributed by atoms with van der Waals surface area (Å²) in [5.74, 6) is -1.11. The van der Waals surface area contributed by atoms with Crippen molar-refractivity contribution in [2.45, 2.75) is 6.54 Å². The monoisotopic (exact) mass is 294 g/mol. The summed E-state index contributed by atoms with van der Waals surface area (Å²) in [6.45, 7) is -0.121. The number of hydrogen-bond donors (Lipinski definition) is 2. The molecule has 21 heavy (non-hydrogen) atoms. The molecule has 9 heteroatoms. The Morgan fingerprint density at radius 1 is 1.43 bits per heavy atom. The highest BCUT2D eigenvalue weighted by molar-refractivity contribution is 5.66. The molecule has 0 atom stereocenters. The van der Waals surface area contributed by atoms with E-state index in [1.807, 2.05) is 4.98 Å². The zero-order valence-electron chi connectivity index (χ0n) is 10.9. The molecule has 0 radical (unpaired) electrons. The smallest absolute Gasteiger partial charge is 0.328 e. The van der Waals surface area contributed by atoms with Gasteiger partial charge in [0.1, 0.15) is 5.69 Å². The van der Waals surface area contributed by atoms with E-state index in [2.05, 4.69) is 5.32 Å². The van der Waals surface area contributed by atoms with Gasteiger partial charge in [-0.15, -0.1) is 0 Å². The van der Waals surface area contributed by atoms with E-state index in [0.717, 1.165) is 10.8 Å². The number of aromatic amines is 1. The van der Waals surface area contributed by atoms with Gasteiger partial charge in [0.05, 0.1) is 17.7 Å². The maximum absolute atomic E-state index is 13.2. The number of nitrogens with zero attached hydrogens (tertiary/aromatic N) is 2. The number of nitro groups is 1. The molecular weight excluding hydrogens is 283 g/mol. The molecule has 2 aromatic rings. The molecule has 0 bridgehead atoms. The largest absolute Gasteiger partial charge is 0.382 e. The summed E-state index contributed by atoms with van der Waals surface area (Å²) < 4.78 is 14.2. The fraction of sp³-hybridized carbons (Fsp3) is 0.167. The first-order valence-corrected chi connectivity index (χ1v) is 5.87. The Labute approximate surface area is 117 Å². The molecule has 1 aromatic heterocycles. The summed E-state index contributed by atoms with van der Waals surface area (Å²) in [6, 6.07) is 4.33. The van der Waals surface area contributed by atoms with Crippen molar-refractivity contribution in [2.24, 2.45) is 0 Å². The summed E-state index contributed by atoms with van der Waals surface area (Å²) in [4.78, 5) is 34.8. The van der Waals surface area contributed by atoms with Crippen molar-refractivity contribution in [3.63, 3.8) is 0 Å². The van der Waals surface area contributed by atoms with Crippen LogP contribution in [0.5, 0.6) is 0 Å². The fourth-order valence-electron chi connectivity index (χ4n) is 1.94. The van der Waals surface area contributed by atoms with Crippen molar-refractivity contribution in [2.75, 3.05) is 12.4 Å². The molecular formula is C12H11FN4O4. The van der Waals surface area contributed by atoms with Gasteiger partial charge in [0.2, 0.25) is 5.82 Å². The zero-order valence-corrected chi connectivity index (χ0v) is 10.9. The van der Waals surface area contributed by atoms with Gasteiger partial charge in [-0.1, -0.05) is 12.1 Å². The van der Waals surface area contributed by atoms with Gasteiger partial charge in [-0.25, -0.2) is 4.79 Å². The van der Waals surface area contributed by atoms with Crippen molar-refractivity contribution in [1.82, 2.24) is 9.55 Å². The molecule has 0 amide bonds. The van der Waals surface area contributed by atoms with E-state index in [0.29, 0.717) is 5.56 Å². The van der Waals surface area contributed by atoms with Gasteiger partial charge in [-0.2, -0.15) is 4.39 Å². The highest BCUT2D eigenvalue weighted by Gasteiger charge is 2.17. The molecule has 0 aliphatic heterocycles. The predicted octanol–water partition coefficient (Wildman–Crippen LogP) is 0.674. The summed E-state index contributed by atoms with van der Waals surface area (Å²) in [6.07, 6.45) is 0.763. The lowest BCUT2D eigenvalue weighted by Gasteiger charge is -2.10. The van der Waals surface area contributed by atoms with Crippen molar-refractivity contribution in [3.8, 4) is 0 Å². The standard InChI is InChI=1S/C12H11FN4O4/c1-14-10-7(3-2-4-9(10)17(20)21)5-16-6-8(13)11(18)15-12(16)19/h2-4,6,14H,5H2,1H3,(H,15,18,19). The van der Waals surface area contributed by atoms with Crippen LogP contribution in [0.4, 0.5) is 15.8 Å². The van der Waals surface area contributed by atoms with Crippen LogP contribution >= 0.6 is 0 Å². The third kappa shape index (κ3) is 2.81. The number of nitro benzene ring substituents is 1. The maximum Gasteiger partial charge on any atom is 0.328 e. The van der Waals surface area contributed by atoms with Gasteiger partial charge in [-0.3, -0.25) is 24.5 Å². The van der Waals surface area contributed by atoms with Crippen LogP contribution in [0, 0.1) is 15.9 Å². The normalized spacial score (nSPS) is 10.4. The summed E-state index contributed by atoms with van der Waals surface area (Å²) in [7, 11) is 1.50. The first-order chi connectivity index (χ1) is 9.93. The molecule has 2 N–H and O–H groups in total. The molecule has 8 nitrogen and oxygen atoms in total. The minimum atomic E-state index is -1.11. The Hall–Kier alpha value is -2.97. The second-order valence-electron chi connectivity index (χ2n) is 4.18. The van der Waals surface area contributed by atoms with Gasteiger partial charge < -0.3 is 5.32 Å². The molecule has 1 aromatic carbocycles. The molecule has 0 fully saturated rings. The summed E-state index contributed by atoms with van der Waals surface area (Å²) in [5.41, 5.74) is -1.42. The van der Waals surface area contributed by atoms with E-state index >= 15 is 0 Å². The number of nitrogens with one attached hydrogen (secondary N) is 2. The van der Waals surface area contributed by atoms with E-state index < -0.39 is 22.0 Å². The van der Waals surface area contributed by atoms with Gasteiger partial charge in [0.25, 0.3) is 11.2 Å². The number of rotatable bonds is 4. The molecule has 1 heterocycles. The quantitative estimate of drug-likeness (QED) is 0.636. The Kier molecular flexibility index (Phi) is 3.83. The van der Waals surface area contributed by atoms with Crippen molar-refractivity contribution < 1.29 is 9.31 Å². The molecule has 0 unspecified atom stereocenters. The van der Waals surface area contributed by atoms with Crippen LogP contribution in [-0.4, -0.2) is 21.5 Å². The summed E-state index contributed by atoms with van der Waals surface area (Å²) >= 11 is 0. The number of para-hydroxylation sites is 1. The van der Waals surface area contributed by atoms with E-state index in [1.54, 1.807) is 6.07 Å². The van der Waals surface area contributed by atoms with Crippen molar-refractivity contribution >= 4 is 11.4 Å². The number of H-pyrrole nitrogens is 1. The van der Waals surface area contributed by atoms with Gasteiger partial charge in [0.15, 0.2) is 0 Å². The Morgan fingerprint density at radius 3 is 2.76 bits per heavy atom. The number of aromatic nitrogens is 2. The fourth-order valence-corrected chi connectivity index (χ4v) is 1.94. The second kappa shape index (κ2) is 5.57. The molecule has 2 rings (SSSR count). The zero-order chi connectivity index (χ0) is 15.6. The number of hydrogen-bond acceptors (Lipinski definition) is 5. The molecule has 0 saturated heterocycles. The molecule has 0 saturated carbocycles. The lowest BCUT2D eigenvalue weighted by Crippen LogP contribution is -2.31. The molecule has 0 aliphatic rings. The van der Waals surface area contributed by atoms with E-state index in [-0.39, 0.29) is 17.9 Å². The van der Waals surface area contributed by atoms with Gasteiger partial charge in [-0.05, 0) is 0 Å². The number of halogens is 1. The lowest BCUT2D eigenvalue weighted by atomic mass is 10.1. The first-order valence-electron chi connectivity index (χ1n) is 5.87. The van der Waals surface area contributed by atoms with E-state index in [1.165, 1.54) is 19.2 Å². The SMILES string of the molecule is CNc1c(Cn2cc(F)c(=O)[nH]c2=O)cccc1[N+](=O)[O-]. The topological polar surface area (TPSA) is 110 Å². The van der Waals surface area contributed by atoms with Crippen LogP contribution < -0.4 is 16.6 Å². The number of benzene rings is 1. The lowest BCUT2D eigenvalue weighted by molar-refractivity contribution is -0.384. The number of anilines is 1. The average Bonchev–Trinajstić information content (AvgIpc) is 2.44. The second-order valence-corrected chi connectivity index (χ2v) is 4.18. The van der Waals surface area contributed by atoms with Gasteiger partial charge in [0, 0.05) is 18.7 Å². The van der Waals surface area contributed by atoms with Crippen LogP contribution in [0.1, 0.15) is 5.56 Å². The van der Waals surface area contributed by atoms with Gasteiger partial charge >= 0.3 is 5.69 Å². The average molecular weight is 294 g/mol. The minimum Gasteiger partial charge on any atom is -0.382 e. The highest BCUT2D eigenvalue weighted by Crippen LogP contribution is 2.28. The third-order valence-corrected chi connectivity index (χ3v) is 2.88. The van der Waals surface area contributed by atoms with Crippen LogP contribution in [0.15, 0.2) is 34.0 Å². The molecule has 110 valence electrons. The molecule has 0 spiro atoms. The Balaban J connectivity index is 2.52. The van der Waals surface area contributed by atoms with E-state index in [4.69, 9.17) is 0 Å². The van der Waals surface area contributed by atoms with Crippen LogP contribution in [0.3, 0.4) is 0 Å². The summed E-state index contributed by atoms with van der Waals surface area (Å²) in [5, 5.41) is 13.6. The Bertz CT molecular complexity index is 812. The van der Waals surface area contributed by atoms with Crippen LogP contribution in [-0.2, 0) is 6.54 Å². The van der Waals surface area contributed by atoms with Crippen molar-refractivity contribution in [1.29, 1.82) is 0 Å². The van der Waals surface area contributed by atoms with Crippen LogP contribution in [0.25, 0.3) is 0 Å². The van der Waals surface area contributed by atoms with E-state index in [9.17, 15) is 24.1 Å². The van der Waals surface area contributed by atoms with Crippen LogP contribution in [0.2, 0.25) is 0 Å². The van der Waals surface area contributed by atoms with Crippen molar-refractivity contribution in [3.05, 3.63) is 66.7 Å². The Morgan fingerprint density at radius 2 is 2.14 bits per heavy atom. The predicted molar refractivity (Wildman–Crippen MR) is 73.0 cm³/mol. The highest BCUT2D eigenvalue weighted by atomic mass is 19.1. The first kappa shape index (κ1) is 14.4. The third-order valence-electron chi connectivity index (χ3n) is 2.88. The maximum atomic E-state index is 13.2.